The first-order valence-electron chi connectivity index (χ1n) is 9.60. The van der Waals surface area contributed by atoms with Crippen molar-refractivity contribution in [2.45, 2.75) is 33.6 Å². The van der Waals surface area contributed by atoms with Crippen molar-refractivity contribution in [2.24, 2.45) is 5.92 Å². The fraction of sp³-hybridized carbons (Fsp3) is 0.524. The van der Waals surface area contributed by atoms with Crippen LogP contribution in [-0.4, -0.2) is 48.4 Å². The number of rotatable bonds is 6. The van der Waals surface area contributed by atoms with Gasteiger partial charge >= 0.3 is 0 Å². The molecule has 0 bridgehead atoms. The number of hydrogen-bond donors (Lipinski definition) is 0. The standard InChI is InChI=1S/C21H28BrN3O/c1-4-24(5-2)14-16-8-10-25(11-9-16)21-18-12-17(22)6-7-20(18)23-13-19(21)15(3)26/h6-7,12-13,16H,4-5,8-11,14H2,1-3H3. The molecule has 3 rings (SSSR count). The topological polar surface area (TPSA) is 36.4 Å². The second kappa shape index (κ2) is 8.49. The Morgan fingerprint density at radius 2 is 1.96 bits per heavy atom. The zero-order valence-corrected chi connectivity index (χ0v) is 17.6. The highest BCUT2D eigenvalue weighted by atomic mass is 79.9. The van der Waals surface area contributed by atoms with Gasteiger partial charge in [0.25, 0.3) is 0 Å². The average molecular weight is 418 g/mol. The normalized spacial score (nSPS) is 15.8. The summed E-state index contributed by atoms with van der Waals surface area (Å²) in [7, 11) is 0. The fourth-order valence-corrected chi connectivity index (χ4v) is 4.30. The van der Waals surface area contributed by atoms with Crippen LogP contribution in [0.25, 0.3) is 10.9 Å². The zero-order chi connectivity index (χ0) is 18.7. The van der Waals surface area contributed by atoms with Crippen molar-refractivity contribution >= 4 is 38.3 Å². The summed E-state index contributed by atoms with van der Waals surface area (Å²) in [6.07, 6.45) is 4.09. The summed E-state index contributed by atoms with van der Waals surface area (Å²) < 4.78 is 1.02. The molecule has 5 heteroatoms. The van der Waals surface area contributed by atoms with Gasteiger partial charge in [0.15, 0.2) is 5.78 Å². The average Bonchev–Trinajstić information content (AvgIpc) is 2.65. The summed E-state index contributed by atoms with van der Waals surface area (Å²) in [5.41, 5.74) is 2.74. The maximum atomic E-state index is 12.2. The van der Waals surface area contributed by atoms with Crippen LogP contribution in [0.1, 0.15) is 44.0 Å². The lowest BCUT2D eigenvalue weighted by molar-refractivity contribution is 0.101. The number of hydrogen-bond acceptors (Lipinski definition) is 4. The molecule has 0 saturated carbocycles. The predicted molar refractivity (Wildman–Crippen MR) is 112 cm³/mol. The van der Waals surface area contributed by atoms with Crippen LogP contribution in [-0.2, 0) is 0 Å². The third kappa shape index (κ3) is 4.09. The summed E-state index contributed by atoms with van der Waals surface area (Å²) in [6.45, 7) is 11.5. The summed E-state index contributed by atoms with van der Waals surface area (Å²) in [5.74, 6) is 0.825. The second-order valence-electron chi connectivity index (χ2n) is 7.15. The van der Waals surface area contributed by atoms with Crippen LogP contribution in [0.2, 0.25) is 0 Å². The molecule has 1 fully saturated rings. The van der Waals surface area contributed by atoms with Gasteiger partial charge in [-0.1, -0.05) is 29.8 Å². The van der Waals surface area contributed by atoms with Crippen molar-refractivity contribution in [2.75, 3.05) is 37.6 Å². The molecule has 1 aliphatic rings. The Morgan fingerprint density at radius 3 is 2.58 bits per heavy atom. The lowest BCUT2D eigenvalue weighted by Gasteiger charge is -2.36. The van der Waals surface area contributed by atoms with Gasteiger partial charge in [0.2, 0.25) is 0 Å². The van der Waals surface area contributed by atoms with E-state index in [1.165, 1.54) is 19.4 Å². The van der Waals surface area contributed by atoms with E-state index in [0.717, 1.165) is 58.7 Å². The van der Waals surface area contributed by atoms with Crippen LogP contribution < -0.4 is 4.90 Å². The first kappa shape index (κ1) is 19.3. The van der Waals surface area contributed by atoms with Gasteiger partial charge in [-0.25, -0.2) is 0 Å². The van der Waals surface area contributed by atoms with Gasteiger partial charge in [0.05, 0.1) is 16.8 Å². The summed E-state index contributed by atoms with van der Waals surface area (Å²) in [6, 6.07) is 6.11. The number of piperidine rings is 1. The number of carbonyl (C=O) groups excluding carboxylic acids is 1. The molecule has 1 aromatic carbocycles. The number of benzene rings is 1. The number of Topliss-reactive ketones (excluding diaryl/α,β-unsaturated/α-hetero) is 1. The van der Waals surface area contributed by atoms with Crippen molar-refractivity contribution in [1.82, 2.24) is 9.88 Å². The van der Waals surface area contributed by atoms with Crippen LogP contribution in [0.15, 0.2) is 28.9 Å². The molecule has 26 heavy (non-hydrogen) atoms. The number of carbonyl (C=O) groups is 1. The van der Waals surface area contributed by atoms with Crippen molar-refractivity contribution in [3.05, 3.63) is 34.4 Å². The van der Waals surface area contributed by atoms with Crippen molar-refractivity contribution in [3.63, 3.8) is 0 Å². The highest BCUT2D eigenvalue weighted by molar-refractivity contribution is 9.10. The molecule has 2 heterocycles. The number of fused-ring (bicyclic) bond motifs is 1. The lowest BCUT2D eigenvalue weighted by Crippen LogP contribution is -2.39. The number of aromatic nitrogens is 1. The van der Waals surface area contributed by atoms with E-state index in [2.05, 4.69) is 50.6 Å². The summed E-state index contributed by atoms with van der Waals surface area (Å²) in [5, 5.41) is 1.06. The first-order chi connectivity index (χ1) is 12.5. The third-order valence-corrected chi connectivity index (χ3v) is 6.02. The largest absolute Gasteiger partial charge is 0.370 e. The maximum absolute atomic E-state index is 12.2. The van der Waals surface area contributed by atoms with Crippen LogP contribution >= 0.6 is 15.9 Å². The number of ketones is 1. The molecule has 1 saturated heterocycles. The molecule has 0 unspecified atom stereocenters. The van der Waals surface area contributed by atoms with Crippen LogP contribution in [0, 0.1) is 5.92 Å². The Balaban J connectivity index is 1.87. The minimum absolute atomic E-state index is 0.0830. The van der Waals surface area contributed by atoms with Gasteiger partial charge in [0.1, 0.15) is 0 Å². The number of nitrogens with zero attached hydrogens (tertiary/aromatic N) is 3. The lowest BCUT2D eigenvalue weighted by atomic mass is 9.94. The van der Waals surface area contributed by atoms with E-state index in [4.69, 9.17) is 0 Å². The van der Waals surface area contributed by atoms with Gasteiger partial charge in [-0.2, -0.15) is 0 Å². The zero-order valence-electron chi connectivity index (χ0n) is 16.0. The molecule has 4 nitrogen and oxygen atoms in total. The monoisotopic (exact) mass is 417 g/mol. The molecule has 2 aromatic rings. The predicted octanol–water partition coefficient (Wildman–Crippen LogP) is 4.76. The van der Waals surface area contributed by atoms with Gasteiger partial charge in [-0.15, -0.1) is 0 Å². The van der Waals surface area contributed by atoms with Gasteiger partial charge in [-0.05, 0) is 57.0 Å². The fourth-order valence-electron chi connectivity index (χ4n) is 3.94. The van der Waals surface area contributed by atoms with Crippen molar-refractivity contribution in [1.29, 1.82) is 0 Å². The smallest absolute Gasteiger partial charge is 0.163 e. The molecule has 0 atom stereocenters. The maximum Gasteiger partial charge on any atom is 0.163 e. The van der Waals surface area contributed by atoms with Crippen LogP contribution in [0.5, 0.6) is 0 Å². The Labute approximate surface area is 164 Å². The first-order valence-corrected chi connectivity index (χ1v) is 10.4. The minimum atomic E-state index is 0.0830. The quantitative estimate of drug-likeness (QED) is 0.634. The Hall–Kier alpha value is -1.46. The molecule has 0 amide bonds. The highest BCUT2D eigenvalue weighted by Gasteiger charge is 2.25. The van der Waals surface area contributed by atoms with E-state index in [1.807, 2.05) is 12.1 Å². The van der Waals surface area contributed by atoms with Crippen LogP contribution in [0.3, 0.4) is 0 Å². The van der Waals surface area contributed by atoms with E-state index in [-0.39, 0.29) is 5.78 Å². The molecular formula is C21H28BrN3O. The van der Waals surface area contributed by atoms with E-state index >= 15 is 0 Å². The molecule has 0 radical (unpaired) electrons. The Morgan fingerprint density at radius 1 is 1.27 bits per heavy atom. The van der Waals surface area contributed by atoms with E-state index in [9.17, 15) is 4.79 Å². The van der Waals surface area contributed by atoms with E-state index < -0.39 is 0 Å². The second-order valence-corrected chi connectivity index (χ2v) is 8.07. The molecule has 0 N–H and O–H groups in total. The molecular weight excluding hydrogens is 390 g/mol. The summed E-state index contributed by atoms with van der Waals surface area (Å²) >= 11 is 3.57. The Bertz CT molecular complexity index is 780. The number of anilines is 1. The van der Waals surface area contributed by atoms with Crippen molar-refractivity contribution < 1.29 is 4.79 Å². The minimum Gasteiger partial charge on any atom is -0.370 e. The van der Waals surface area contributed by atoms with E-state index in [0.29, 0.717) is 0 Å². The molecule has 0 aliphatic carbocycles. The SMILES string of the molecule is CCN(CC)CC1CCN(c2c(C(C)=O)cnc3ccc(Br)cc23)CC1. The molecule has 140 valence electrons. The van der Waals surface area contributed by atoms with Crippen molar-refractivity contribution in [3.8, 4) is 0 Å². The van der Waals surface area contributed by atoms with Crippen LogP contribution in [0.4, 0.5) is 5.69 Å². The summed E-state index contributed by atoms with van der Waals surface area (Å²) in [4.78, 5) is 21.6. The molecule has 0 spiro atoms. The highest BCUT2D eigenvalue weighted by Crippen LogP contribution is 2.34. The molecule has 1 aliphatic heterocycles. The van der Waals surface area contributed by atoms with Gasteiger partial charge in [-0.3, -0.25) is 9.78 Å². The molecule has 1 aromatic heterocycles. The number of halogens is 1. The third-order valence-electron chi connectivity index (χ3n) is 5.52. The van der Waals surface area contributed by atoms with Gasteiger partial charge in [0, 0.05) is 35.7 Å². The Kier molecular flexibility index (Phi) is 6.30. The number of pyridine rings is 1. The van der Waals surface area contributed by atoms with E-state index in [1.54, 1.807) is 13.1 Å². The van der Waals surface area contributed by atoms with Gasteiger partial charge < -0.3 is 9.80 Å².